The van der Waals surface area contributed by atoms with Crippen molar-refractivity contribution in [2.75, 3.05) is 43.0 Å². The van der Waals surface area contributed by atoms with Crippen LogP contribution < -0.4 is 15.0 Å². The summed E-state index contributed by atoms with van der Waals surface area (Å²) >= 11 is 0. The van der Waals surface area contributed by atoms with E-state index < -0.39 is 27.7 Å². The van der Waals surface area contributed by atoms with Gasteiger partial charge >= 0.3 is 6.18 Å². The first kappa shape index (κ1) is 25.6. The minimum Gasteiger partial charge on any atom is -0.494 e. The highest BCUT2D eigenvalue weighted by Gasteiger charge is 2.35. The van der Waals surface area contributed by atoms with Gasteiger partial charge in [-0.15, -0.1) is 0 Å². The van der Waals surface area contributed by atoms with Crippen LogP contribution in [-0.2, 0) is 16.2 Å². The first-order chi connectivity index (χ1) is 17.1. The lowest BCUT2D eigenvalue weighted by Gasteiger charge is -2.34. The van der Waals surface area contributed by atoms with Gasteiger partial charge in [0.05, 0.1) is 11.5 Å². The molecule has 1 aromatic heterocycles. The second kappa shape index (κ2) is 10.3. The number of anilines is 3. The number of hydrogen-bond acceptors (Lipinski definition) is 7. The second-order valence-corrected chi connectivity index (χ2v) is 9.80. The molecule has 0 amide bonds. The highest BCUT2D eigenvalue weighted by molar-refractivity contribution is 7.89. The maximum absolute atomic E-state index is 13.5. The Morgan fingerprint density at radius 3 is 2.19 bits per heavy atom. The number of alkyl halides is 3. The van der Waals surface area contributed by atoms with Crippen LogP contribution in [0.15, 0.2) is 59.5 Å². The van der Waals surface area contributed by atoms with E-state index in [4.69, 9.17) is 4.74 Å². The molecule has 1 aliphatic heterocycles. The molecular formula is C23H23F4N5O3S. The summed E-state index contributed by atoms with van der Waals surface area (Å²) in [5.41, 5.74) is -0.804. The quantitative estimate of drug-likeness (QED) is 0.461. The summed E-state index contributed by atoms with van der Waals surface area (Å²) in [6.45, 7) is 2.53. The van der Waals surface area contributed by atoms with E-state index in [1.807, 2.05) is 6.92 Å². The molecule has 0 saturated carbocycles. The van der Waals surface area contributed by atoms with Gasteiger partial charge in [-0.3, -0.25) is 0 Å². The SMILES string of the molecule is CCOc1ccc(S(=O)(=O)N2CCN(c3nc(Nc4ccc(F)cc4)cc(C(F)(F)F)n3)CC2)cc1. The predicted molar refractivity (Wildman–Crippen MR) is 125 cm³/mol. The first-order valence-electron chi connectivity index (χ1n) is 11.0. The topological polar surface area (TPSA) is 87.7 Å². The highest BCUT2D eigenvalue weighted by Crippen LogP contribution is 2.31. The van der Waals surface area contributed by atoms with Gasteiger partial charge in [-0.1, -0.05) is 0 Å². The van der Waals surface area contributed by atoms with Crippen LogP contribution in [0.5, 0.6) is 5.75 Å². The Hall–Kier alpha value is -3.45. The smallest absolute Gasteiger partial charge is 0.433 e. The van der Waals surface area contributed by atoms with Crippen LogP contribution >= 0.6 is 0 Å². The monoisotopic (exact) mass is 525 g/mol. The number of nitrogens with zero attached hydrogens (tertiary/aromatic N) is 4. The van der Waals surface area contributed by atoms with Crippen molar-refractivity contribution in [3.63, 3.8) is 0 Å². The van der Waals surface area contributed by atoms with Crippen LogP contribution in [0.3, 0.4) is 0 Å². The van der Waals surface area contributed by atoms with Crippen LogP contribution in [0.4, 0.5) is 35.0 Å². The fourth-order valence-electron chi connectivity index (χ4n) is 3.62. The van der Waals surface area contributed by atoms with Crippen LogP contribution in [-0.4, -0.2) is 55.5 Å². The summed E-state index contributed by atoms with van der Waals surface area (Å²) in [5, 5.41) is 2.73. The molecule has 0 atom stereocenters. The zero-order valence-electron chi connectivity index (χ0n) is 19.2. The van der Waals surface area contributed by atoms with E-state index >= 15 is 0 Å². The average Bonchev–Trinajstić information content (AvgIpc) is 2.85. The predicted octanol–water partition coefficient (Wildman–Crippen LogP) is 4.29. The molecule has 2 heterocycles. The number of aromatic nitrogens is 2. The molecule has 0 unspecified atom stereocenters. The Morgan fingerprint density at radius 1 is 0.972 bits per heavy atom. The van der Waals surface area contributed by atoms with Gasteiger partial charge in [-0.25, -0.2) is 17.8 Å². The summed E-state index contributed by atoms with van der Waals surface area (Å²) in [6.07, 6.45) is -4.73. The molecule has 13 heteroatoms. The largest absolute Gasteiger partial charge is 0.494 e. The Balaban J connectivity index is 1.51. The van der Waals surface area contributed by atoms with Crippen LogP contribution in [0.25, 0.3) is 0 Å². The minimum absolute atomic E-state index is 0.0376. The maximum Gasteiger partial charge on any atom is 0.433 e. The van der Waals surface area contributed by atoms with E-state index in [0.29, 0.717) is 18.0 Å². The maximum atomic E-state index is 13.5. The fraction of sp³-hybridized carbons (Fsp3) is 0.304. The van der Waals surface area contributed by atoms with Gasteiger partial charge in [0.25, 0.3) is 0 Å². The number of rotatable bonds is 7. The van der Waals surface area contributed by atoms with Gasteiger partial charge in [0, 0.05) is 37.9 Å². The summed E-state index contributed by atoms with van der Waals surface area (Å²) < 4.78 is 86.3. The molecular weight excluding hydrogens is 502 g/mol. The van der Waals surface area contributed by atoms with E-state index in [9.17, 15) is 26.0 Å². The molecule has 0 bridgehead atoms. The van der Waals surface area contributed by atoms with Gasteiger partial charge in [0.15, 0.2) is 5.69 Å². The molecule has 4 rings (SSSR count). The molecule has 1 fully saturated rings. The van der Waals surface area contributed by atoms with Crippen molar-refractivity contribution >= 4 is 27.5 Å². The normalized spacial score (nSPS) is 15.1. The number of hydrogen-bond donors (Lipinski definition) is 1. The van der Waals surface area contributed by atoms with Crippen molar-refractivity contribution in [1.82, 2.24) is 14.3 Å². The molecule has 192 valence electrons. The molecule has 2 aromatic carbocycles. The number of piperazine rings is 1. The molecule has 0 radical (unpaired) electrons. The van der Waals surface area contributed by atoms with Crippen molar-refractivity contribution in [1.29, 1.82) is 0 Å². The van der Waals surface area contributed by atoms with Crippen molar-refractivity contribution in [3.05, 3.63) is 66.1 Å². The third-order valence-corrected chi connectivity index (χ3v) is 7.33. The minimum atomic E-state index is -4.73. The molecule has 36 heavy (non-hydrogen) atoms. The number of sulfonamides is 1. The molecule has 8 nitrogen and oxygen atoms in total. The summed E-state index contributed by atoms with van der Waals surface area (Å²) in [5.74, 6) is -0.248. The lowest BCUT2D eigenvalue weighted by molar-refractivity contribution is -0.141. The van der Waals surface area contributed by atoms with Crippen molar-refractivity contribution < 1.29 is 30.7 Å². The van der Waals surface area contributed by atoms with Gasteiger partial charge < -0.3 is 15.0 Å². The highest BCUT2D eigenvalue weighted by atomic mass is 32.2. The zero-order valence-corrected chi connectivity index (χ0v) is 20.0. The van der Waals surface area contributed by atoms with Gasteiger partial charge in [0.1, 0.15) is 17.4 Å². The molecule has 0 aliphatic carbocycles. The molecule has 1 N–H and O–H groups in total. The molecule has 1 saturated heterocycles. The van der Waals surface area contributed by atoms with Crippen molar-refractivity contribution in [3.8, 4) is 5.75 Å². The van der Waals surface area contributed by atoms with E-state index in [1.54, 1.807) is 12.1 Å². The number of ether oxygens (including phenoxy) is 1. The zero-order chi connectivity index (χ0) is 25.9. The van der Waals surface area contributed by atoms with Crippen LogP contribution in [0.1, 0.15) is 12.6 Å². The second-order valence-electron chi connectivity index (χ2n) is 7.86. The molecule has 3 aromatic rings. The summed E-state index contributed by atoms with van der Waals surface area (Å²) in [6, 6.07) is 11.9. The Labute approximate surface area is 205 Å². The van der Waals surface area contributed by atoms with Crippen molar-refractivity contribution in [2.45, 2.75) is 18.0 Å². The molecule has 1 aliphatic rings. The van der Waals surface area contributed by atoms with Gasteiger partial charge in [-0.2, -0.15) is 22.5 Å². The third kappa shape index (κ3) is 5.85. The van der Waals surface area contributed by atoms with Crippen molar-refractivity contribution in [2.24, 2.45) is 0 Å². The Morgan fingerprint density at radius 2 is 1.61 bits per heavy atom. The van der Waals surface area contributed by atoms with E-state index in [2.05, 4.69) is 15.3 Å². The van der Waals surface area contributed by atoms with E-state index in [0.717, 1.165) is 6.07 Å². The first-order valence-corrected chi connectivity index (χ1v) is 12.5. The van der Waals surface area contributed by atoms with Crippen LogP contribution in [0.2, 0.25) is 0 Å². The number of benzene rings is 2. The van der Waals surface area contributed by atoms with E-state index in [-0.39, 0.29) is 42.8 Å². The number of nitrogens with one attached hydrogen (secondary N) is 1. The Kier molecular flexibility index (Phi) is 7.31. The standard InChI is InChI=1S/C23H23F4N5O3S/c1-2-35-18-7-9-19(10-8-18)36(33,34)32-13-11-31(12-14-32)22-29-20(23(25,26)27)15-21(30-22)28-17-5-3-16(24)4-6-17/h3-10,15H,2,11-14H2,1H3,(H,28,29,30). The number of halogens is 4. The summed E-state index contributed by atoms with van der Waals surface area (Å²) in [7, 11) is -3.80. The van der Waals surface area contributed by atoms with Gasteiger partial charge in [0.2, 0.25) is 16.0 Å². The van der Waals surface area contributed by atoms with E-state index in [1.165, 1.54) is 45.6 Å². The molecule has 0 spiro atoms. The lowest BCUT2D eigenvalue weighted by Crippen LogP contribution is -2.49. The fourth-order valence-corrected chi connectivity index (χ4v) is 5.04. The summed E-state index contributed by atoms with van der Waals surface area (Å²) in [4.78, 5) is 9.45. The average molecular weight is 526 g/mol. The third-order valence-electron chi connectivity index (χ3n) is 5.42. The van der Waals surface area contributed by atoms with Gasteiger partial charge in [-0.05, 0) is 55.5 Å². The lowest BCUT2D eigenvalue weighted by atomic mass is 10.3. The van der Waals surface area contributed by atoms with Crippen LogP contribution in [0, 0.1) is 5.82 Å². The Bertz CT molecular complexity index is 1290.